The zero-order chi connectivity index (χ0) is 13.7. The lowest BCUT2D eigenvalue weighted by atomic mass is 9.97. The minimum absolute atomic E-state index is 0.538. The number of piperidine rings is 1. The van der Waals surface area contributed by atoms with Crippen LogP contribution in [0.1, 0.15) is 31.7 Å². The monoisotopic (exact) mass is 327 g/mol. The maximum absolute atomic E-state index is 5.80. The zero-order valence-corrected chi connectivity index (χ0v) is 13.3. The standard InChI is InChI=1S/C15H22BrNO2/c1-3-19-15-12(10-11-6-4-5-9-17-11)13(16)7-8-14(15)18-2/h7-8,11,17H,3-6,9-10H2,1-2H3. The third-order valence-corrected chi connectivity index (χ3v) is 4.28. The van der Waals surface area contributed by atoms with Crippen molar-refractivity contribution in [3.05, 3.63) is 22.2 Å². The molecule has 0 amide bonds. The fourth-order valence-electron chi connectivity index (χ4n) is 2.58. The molecule has 0 saturated carbocycles. The van der Waals surface area contributed by atoms with Crippen LogP contribution in [0.5, 0.6) is 11.5 Å². The molecule has 1 aromatic carbocycles. The van der Waals surface area contributed by atoms with E-state index in [1.165, 1.54) is 24.8 Å². The van der Waals surface area contributed by atoms with E-state index >= 15 is 0 Å². The number of benzene rings is 1. The molecule has 1 aromatic rings. The van der Waals surface area contributed by atoms with Gasteiger partial charge >= 0.3 is 0 Å². The molecule has 1 N–H and O–H groups in total. The zero-order valence-electron chi connectivity index (χ0n) is 11.7. The molecular formula is C15H22BrNO2. The van der Waals surface area contributed by atoms with E-state index in [-0.39, 0.29) is 0 Å². The van der Waals surface area contributed by atoms with Gasteiger partial charge in [-0.15, -0.1) is 0 Å². The van der Waals surface area contributed by atoms with Crippen molar-refractivity contribution in [2.75, 3.05) is 20.3 Å². The smallest absolute Gasteiger partial charge is 0.165 e. The molecule has 1 aliphatic rings. The van der Waals surface area contributed by atoms with E-state index in [0.717, 1.165) is 28.9 Å². The molecule has 1 fully saturated rings. The summed E-state index contributed by atoms with van der Waals surface area (Å²) in [5.41, 5.74) is 1.21. The molecule has 0 spiro atoms. The van der Waals surface area contributed by atoms with E-state index in [1.54, 1.807) is 7.11 Å². The Morgan fingerprint density at radius 2 is 2.21 bits per heavy atom. The average molecular weight is 328 g/mol. The summed E-state index contributed by atoms with van der Waals surface area (Å²) in [5.74, 6) is 1.70. The first-order chi connectivity index (χ1) is 9.26. The molecule has 2 rings (SSSR count). The number of nitrogens with one attached hydrogen (secondary N) is 1. The topological polar surface area (TPSA) is 30.5 Å². The maximum Gasteiger partial charge on any atom is 0.165 e. The third kappa shape index (κ3) is 3.63. The van der Waals surface area contributed by atoms with Gasteiger partial charge in [-0.05, 0) is 44.9 Å². The van der Waals surface area contributed by atoms with Gasteiger partial charge in [-0.1, -0.05) is 22.4 Å². The summed E-state index contributed by atoms with van der Waals surface area (Å²) in [7, 11) is 1.69. The van der Waals surface area contributed by atoms with Crippen LogP contribution in [-0.2, 0) is 6.42 Å². The Hall–Kier alpha value is -0.740. The highest BCUT2D eigenvalue weighted by Gasteiger charge is 2.20. The van der Waals surface area contributed by atoms with Gasteiger partial charge in [0, 0.05) is 16.1 Å². The molecule has 1 aliphatic heterocycles. The number of hydrogen-bond acceptors (Lipinski definition) is 3. The van der Waals surface area contributed by atoms with Crippen LogP contribution in [-0.4, -0.2) is 26.3 Å². The summed E-state index contributed by atoms with van der Waals surface area (Å²) in [4.78, 5) is 0. The van der Waals surface area contributed by atoms with Crippen molar-refractivity contribution in [2.24, 2.45) is 0 Å². The number of hydrogen-bond donors (Lipinski definition) is 1. The van der Waals surface area contributed by atoms with Gasteiger partial charge in [0.15, 0.2) is 11.5 Å². The highest BCUT2D eigenvalue weighted by molar-refractivity contribution is 9.10. The Labute approximate surface area is 123 Å². The fourth-order valence-corrected chi connectivity index (χ4v) is 3.05. The van der Waals surface area contributed by atoms with Crippen LogP contribution in [0.25, 0.3) is 0 Å². The minimum Gasteiger partial charge on any atom is -0.493 e. The SMILES string of the molecule is CCOc1c(OC)ccc(Br)c1CC1CCCCN1. The van der Waals surface area contributed by atoms with E-state index in [2.05, 4.69) is 21.2 Å². The Morgan fingerprint density at radius 1 is 1.37 bits per heavy atom. The molecule has 4 heteroatoms. The van der Waals surface area contributed by atoms with Gasteiger partial charge in [0.2, 0.25) is 0 Å². The lowest BCUT2D eigenvalue weighted by molar-refractivity contribution is 0.304. The number of halogens is 1. The van der Waals surface area contributed by atoms with E-state index in [9.17, 15) is 0 Å². The third-order valence-electron chi connectivity index (χ3n) is 3.54. The molecular weight excluding hydrogens is 306 g/mol. The van der Waals surface area contributed by atoms with Gasteiger partial charge in [-0.3, -0.25) is 0 Å². The summed E-state index contributed by atoms with van der Waals surface area (Å²) < 4.78 is 12.3. The second kappa shape index (κ2) is 7.15. The van der Waals surface area contributed by atoms with Crippen LogP contribution in [0.3, 0.4) is 0 Å². The molecule has 3 nitrogen and oxygen atoms in total. The van der Waals surface area contributed by atoms with Crippen molar-refractivity contribution in [3.8, 4) is 11.5 Å². The van der Waals surface area contributed by atoms with Gasteiger partial charge in [0.1, 0.15) is 0 Å². The normalized spacial score (nSPS) is 19.2. The highest BCUT2D eigenvalue weighted by atomic mass is 79.9. The van der Waals surface area contributed by atoms with Gasteiger partial charge in [-0.25, -0.2) is 0 Å². The Kier molecular flexibility index (Phi) is 5.52. The lowest BCUT2D eigenvalue weighted by Gasteiger charge is -2.25. The first-order valence-electron chi connectivity index (χ1n) is 6.97. The number of methoxy groups -OCH3 is 1. The first kappa shape index (κ1) is 14.7. The largest absolute Gasteiger partial charge is 0.493 e. The quantitative estimate of drug-likeness (QED) is 0.897. The van der Waals surface area contributed by atoms with E-state index in [4.69, 9.17) is 9.47 Å². The van der Waals surface area contributed by atoms with Crippen LogP contribution >= 0.6 is 15.9 Å². The van der Waals surface area contributed by atoms with Crippen LogP contribution in [0.2, 0.25) is 0 Å². The lowest BCUT2D eigenvalue weighted by Crippen LogP contribution is -2.35. The predicted octanol–water partition coefficient (Wildman–Crippen LogP) is 3.54. The number of rotatable bonds is 5. The van der Waals surface area contributed by atoms with Gasteiger partial charge in [0.25, 0.3) is 0 Å². The summed E-state index contributed by atoms with van der Waals surface area (Å²) in [6.45, 7) is 3.77. The molecule has 0 aromatic heterocycles. The van der Waals surface area contributed by atoms with Crippen molar-refractivity contribution in [2.45, 2.75) is 38.6 Å². The summed E-state index contributed by atoms with van der Waals surface area (Å²) in [6, 6.07) is 4.53. The number of ether oxygens (including phenoxy) is 2. The fraction of sp³-hybridized carbons (Fsp3) is 0.600. The molecule has 106 valence electrons. The molecule has 0 radical (unpaired) electrons. The van der Waals surface area contributed by atoms with Crippen LogP contribution in [0.4, 0.5) is 0 Å². The molecule has 1 heterocycles. The second-order valence-electron chi connectivity index (χ2n) is 4.84. The summed E-state index contributed by atoms with van der Waals surface area (Å²) in [5, 5.41) is 3.58. The molecule has 1 saturated heterocycles. The molecule has 1 atom stereocenters. The van der Waals surface area contributed by atoms with Crippen molar-refractivity contribution >= 4 is 15.9 Å². The van der Waals surface area contributed by atoms with E-state index < -0.39 is 0 Å². The molecule has 0 aliphatic carbocycles. The van der Waals surface area contributed by atoms with E-state index in [1.807, 2.05) is 19.1 Å². The van der Waals surface area contributed by atoms with Crippen LogP contribution < -0.4 is 14.8 Å². The summed E-state index contributed by atoms with van der Waals surface area (Å²) >= 11 is 3.64. The minimum atomic E-state index is 0.538. The van der Waals surface area contributed by atoms with Gasteiger partial charge < -0.3 is 14.8 Å². The Bertz CT molecular complexity index is 417. The second-order valence-corrected chi connectivity index (χ2v) is 5.70. The van der Waals surface area contributed by atoms with Crippen molar-refractivity contribution in [1.29, 1.82) is 0 Å². The average Bonchev–Trinajstić information content (AvgIpc) is 2.44. The first-order valence-corrected chi connectivity index (χ1v) is 7.77. The maximum atomic E-state index is 5.80. The molecule has 19 heavy (non-hydrogen) atoms. The van der Waals surface area contributed by atoms with Crippen molar-refractivity contribution in [3.63, 3.8) is 0 Å². The van der Waals surface area contributed by atoms with Crippen molar-refractivity contribution < 1.29 is 9.47 Å². The Balaban J connectivity index is 2.25. The summed E-state index contributed by atoms with van der Waals surface area (Å²) in [6.07, 6.45) is 4.81. The van der Waals surface area contributed by atoms with Crippen LogP contribution in [0.15, 0.2) is 16.6 Å². The Morgan fingerprint density at radius 3 is 2.84 bits per heavy atom. The molecule has 0 bridgehead atoms. The van der Waals surface area contributed by atoms with Gasteiger partial charge in [-0.2, -0.15) is 0 Å². The predicted molar refractivity (Wildman–Crippen MR) is 81.2 cm³/mol. The van der Waals surface area contributed by atoms with Crippen molar-refractivity contribution in [1.82, 2.24) is 5.32 Å². The highest BCUT2D eigenvalue weighted by Crippen LogP contribution is 2.37. The van der Waals surface area contributed by atoms with Crippen LogP contribution in [0, 0.1) is 0 Å². The van der Waals surface area contributed by atoms with Gasteiger partial charge in [0.05, 0.1) is 13.7 Å². The van der Waals surface area contributed by atoms with E-state index in [0.29, 0.717) is 12.6 Å². The molecule has 1 unspecified atom stereocenters.